The molecule has 0 spiro atoms. The Morgan fingerprint density at radius 1 is 0.778 bits per heavy atom. The molecule has 0 saturated heterocycles. The molecule has 106 valence electrons. The highest BCUT2D eigenvalue weighted by molar-refractivity contribution is 5.97. The topological polar surface area (TPSA) is 89.2 Å². The summed E-state index contributed by atoms with van der Waals surface area (Å²) < 4.78 is 0. The quantitative estimate of drug-likeness (QED) is 0.205. The van der Waals surface area contributed by atoms with Gasteiger partial charge in [-0.2, -0.15) is 0 Å². The van der Waals surface area contributed by atoms with Crippen molar-refractivity contribution in [2.75, 3.05) is 42.3 Å². The smallest absolute Gasteiger partial charge is 0.205 e. The fourth-order valence-electron chi connectivity index (χ4n) is 1.70. The van der Waals surface area contributed by atoms with Crippen molar-refractivity contribution in [2.45, 2.75) is 11.6 Å². The van der Waals surface area contributed by atoms with Crippen LogP contribution in [0.25, 0.3) is 0 Å². The highest BCUT2D eigenvalue weighted by Gasteiger charge is 2.32. The molecule has 0 aliphatic carbocycles. The summed E-state index contributed by atoms with van der Waals surface area (Å²) in [6.45, 7) is 0. The van der Waals surface area contributed by atoms with Gasteiger partial charge in [0.2, 0.25) is 5.78 Å². The molecule has 7 nitrogen and oxygen atoms in total. The molecule has 0 radical (unpaired) electrons. The van der Waals surface area contributed by atoms with Gasteiger partial charge in [0, 0.05) is 0 Å². The summed E-state index contributed by atoms with van der Waals surface area (Å²) in [5.41, 5.74) is 0. The van der Waals surface area contributed by atoms with Gasteiger partial charge in [-0.25, -0.2) is 0 Å². The Labute approximate surface area is 109 Å². The Kier molecular flexibility index (Phi) is 7.22. The first-order chi connectivity index (χ1) is 8.49. The maximum Gasteiger partial charge on any atom is 0.205 e. The van der Waals surface area contributed by atoms with E-state index >= 15 is 0 Å². The lowest BCUT2D eigenvalue weighted by molar-refractivity contribution is -0.122. The number of carbonyl (C=O) groups excluding carboxylic acids is 1. The minimum atomic E-state index is -0.961. The summed E-state index contributed by atoms with van der Waals surface area (Å²) in [5.74, 6) is -1.70. The summed E-state index contributed by atoms with van der Waals surface area (Å²) in [5, 5.41) is 17.9. The third-order valence-corrected chi connectivity index (χ3v) is 3.16. The maximum atomic E-state index is 12.2. The van der Waals surface area contributed by atoms with Crippen molar-refractivity contribution in [3.63, 3.8) is 0 Å². The first kappa shape index (κ1) is 17.2. The molecule has 0 fully saturated rings. The molecule has 0 unspecified atom stereocenters. The molecule has 7 heteroatoms. The van der Waals surface area contributed by atoms with E-state index in [-0.39, 0.29) is 5.78 Å². The molecule has 6 N–H and O–H groups in total. The predicted octanol–water partition coefficient (Wildman–Crippen LogP) is -2.26. The van der Waals surface area contributed by atoms with Crippen LogP contribution in [0.1, 0.15) is 0 Å². The van der Waals surface area contributed by atoms with Gasteiger partial charge in [-0.1, -0.05) is 0 Å². The zero-order chi connectivity index (χ0) is 14.2. The van der Waals surface area contributed by atoms with Crippen molar-refractivity contribution >= 4 is 5.78 Å². The molecule has 0 aliphatic heterocycles. The molecule has 0 aliphatic rings. The molecular formula is C11H26N6O. The highest BCUT2D eigenvalue weighted by Crippen LogP contribution is 2.01. The number of ketones is 1. The monoisotopic (exact) mass is 258 g/mol. The van der Waals surface area contributed by atoms with Crippen LogP contribution in [-0.2, 0) is 4.79 Å². The molecule has 0 amide bonds. The van der Waals surface area contributed by atoms with E-state index in [9.17, 15) is 4.79 Å². The lowest BCUT2D eigenvalue weighted by atomic mass is 10.1. The average molecular weight is 258 g/mol. The van der Waals surface area contributed by atoms with E-state index in [1.165, 1.54) is 6.08 Å². The first-order valence-corrected chi connectivity index (χ1v) is 5.86. The van der Waals surface area contributed by atoms with Crippen molar-refractivity contribution in [3.8, 4) is 0 Å². The van der Waals surface area contributed by atoms with Gasteiger partial charge in [0.1, 0.15) is 5.79 Å². The Bertz CT molecular complexity index is 267. The number of nitrogens with one attached hydrogen (secondary N) is 6. The van der Waals surface area contributed by atoms with Gasteiger partial charge >= 0.3 is 0 Å². The van der Waals surface area contributed by atoms with Gasteiger partial charge in [0.05, 0.1) is 0 Å². The van der Waals surface area contributed by atoms with E-state index in [2.05, 4.69) is 31.9 Å². The molecule has 0 heterocycles. The molecule has 0 saturated carbocycles. The largest absolute Gasteiger partial charge is 0.290 e. The number of rotatable bonds is 9. The summed E-state index contributed by atoms with van der Waals surface area (Å²) >= 11 is 0. The third kappa shape index (κ3) is 3.58. The Hall–Kier alpha value is -0.830. The van der Waals surface area contributed by atoms with E-state index in [1.807, 2.05) is 0 Å². The molecule has 0 aromatic rings. The van der Waals surface area contributed by atoms with Crippen LogP contribution in [0, 0.1) is 0 Å². The van der Waals surface area contributed by atoms with Gasteiger partial charge < -0.3 is 0 Å². The van der Waals surface area contributed by atoms with Crippen molar-refractivity contribution in [1.29, 1.82) is 0 Å². The summed E-state index contributed by atoms with van der Waals surface area (Å²) in [7, 11) is 10.5. The Morgan fingerprint density at radius 2 is 1.17 bits per heavy atom. The van der Waals surface area contributed by atoms with Crippen LogP contribution in [0.4, 0.5) is 0 Å². The van der Waals surface area contributed by atoms with E-state index in [1.54, 1.807) is 48.4 Å². The molecular weight excluding hydrogens is 232 g/mol. The van der Waals surface area contributed by atoms with Gasteiger partial charge in [0.25, 0.3) is 0 Å². The van der Waals surface area contributed by atoms with Crippen LogP contribution >= 0.6 is 0 Å². The first-order valence-electron chi connectivity index (χ1n) is 5.86. The number of likely N-dealkylation sites (N-methyl/N-ethyl adjacent to an activating group) is 6. The average Bonchev–Trinajstić information content (AvgIpc) is 2.43. The van der Waals surface area contributed by atoms with E-state index in [4.69, 9.17) is 0 Å². The number of hydrogen-bond acceptors (Lipinski definition) is 7. The van der Waals surface area contributed by atoms with Crippen LogP contribution in [0.2, 0.25) is 0 Å². The van der Waals surface area contributed by atoms with Gasteiger partial charge in [-0.3, -0.25) is 36.7 Å². The normalized spacial score (nSPS) is 13.2. The standard InChI is InChI=1S/C11H26N6O/c1-12-10(13-2,14-3)8-7-9(18)11(15-4,16-5)17-6/h7-8,12-17H,1-6H3. The van der Waals surface area contributed by atoms with Gasteiger partial charge in [0.15, 0.2) is 5.79 Å². The molecule has 0 aromatic heterocycles. The number of hydrogen-bond donors (Lipinski definition) is 6. The van der Waals surface area contributed by atoms with Crippen LogP contribution in [0.5, 0.6) is 0 Å². The van der Waals surface area contributed by atoms with Crippen molar-refractivity contribution in [1.82, 2.24) is 31.9 Å². The van der Waals surface area contributed by atoms with Gasteiger partial charge in [-0.05, 0) is 54.4 Å². The Balaban J connectivity index is 5.03. The summed E-state index contributed by atoms with van der Waals surface area (Å²) in [6, 6.07) is 0. The summed E-state index contributed by atoms with van der Waals surface area (Å²) in [6.07, 6.45) is 3.24. The lowest BCUT2D eigenvalue weighted by Gasteiger charge is -2.32. The molecule has 0 aromatic carbocycles. The second-order valence-corrected chi connectivity index (χ2v) is 3.76. The lowest BCUT2D eigenvalue weighted by Crippen LogP contribution is -2.68. The molecule has 0 bridgehead atoms. The van der Waals surface area contributed by atoms with E-state index < -0.39 is 11.6 Å². The van der Waals surface area contributed by atoms with E-state index in [0.717, 1.165) is 0 Å². The highest BCUT2D eigenvalue weighted by atomic mass is 16.1. The minimum Gasteiger partial charge on any atom is -0.290 e. The fraction of sp³-hybridized carbons (Fsp3) is 0.727. The maximum absolute atomic E-state index is 12.2. The number of carbonyl (C=O) groups is 1. The van der Waals surface area contributed by atoms with Crippen LogP contribution in [0.15, 0.2) is 12.2 Å². The van der Waals surface area contributed by atoms with Crippen LogP contribution in [-0.4, -0.2) is 59.6 Å². The molecule has 18 heavy (non-hydrogen) atoms. The van der Waals surface area contributed by atoms with Crippen molar-refractivity contribution < 1.29 is 4.79 Å². The Morgan fingerprint density at radius 3 is 1.44 bits per heavy atom. The molecule has 0 atom stereocenters. The third-order valence-electron chi connectivity index (χ3n) is 3.16. The SMILES string of the molecule is CNC(C=CC(=O)C(NC)(NC)NC)(NC)NC. The van der Waals surface area contributed by atoms with Crippen LogP contribution in [0.3, 0.4) is 0 Å². The summed E-state index contributed by atoms with van der Waals surface area (Å²) in [4.78, 5) is 12.2. The second kappa shape index (κ2) is 7.57. The predicted molar refractivity (Wildman–Crippen MR) is 74.0 cm³/mol. The zero-order valence-electron chi connectivity index (χ0n) is 12.1. The van der Waals surface area contributed by atoms with Crippen LogP contribution < -0.4 is 31.9 Å². The van der Waals surface area contributed by atoms with Crippen molar-refractivity contribution in [3.05, 3.63) is 12.2 Å². The second-order valence-electron chi connectivity index (χ2n) is 3.76. The van der Waals surface area contributed by atoms with E-state index in [0.29, 0.717) is 0 Å². The fourth-order valence-corrected chi connectivity index (χ4v) is 1.70. The molecule has 0 rings (SSSR count). The minimum absolute atomic E-state index is 0.125. The zero-order valence-corrected chi connectivity index (χ0v) is 12.1. The van der Waals surface area contributed by atoms with Crippen molar-refractivity contribution in [2.24, 2.45) is 0 Å². The van der Waals surface area contributed by atoms with Gasteiger partial charge in [-0.15, -0.1) is 0 Å².